The number of hydrazine groups is 1. The lowest BCUT2D eigenvalue weighted by Crippen LogP contribution is -2.34. The van der Waals surface area contributed by atoms with Gasteiger partial charge in [-0.25, -0.2) is 10.4 Å². The zero-order valence-electron chi connectivity index (χ0n) is 7.41. The second-order valence-corrected chi connectivity index (χ2v) is 3.28. The Morgan fingerprint density at radius 2 is 2.42 bits per heavy atom. The molecule has 2 rings (SSSR count). The van der Waals surface area contributed by atoms with Crippen LogP contribution in [0.4, 0.5) is 0 Å². The van der Waals surface area contributed by atoms with Gasteiger partial charge in [-0.1, -0.05) is 13.8 Å². The van der Waals surface area contributed by atoms with Crippen molar-refractivity contribution in [2.24, 2.45) is 10.9 Å². The van der Waals surface area contributed by atoms with Crippen LogP contribution in [0.15, 0.2) is 28.7 Å². The Labute approximate surface area is 72.4 Å². The van der Waals surface area contributed by atoms with E-state index in [2.05, 4.69) is 41.4 Å². The molecule has 0 bridgehead atoms. The molecule has 0 saturated heterocycles. The molecule has 0 saturated carbocycles. The smallest absolute Gasteiger partial charge is 0.144 e. The molecule has 1 N–H and O–H groups in total. The van der Waals surface area contributed by atoms with E-state index in [1.807, 2.05) is 6.21 Å². The van der Waals surface area contributed by atoms with Crippen LogP contribution in [0.2, 0.25) is 0 Å². The summed E-state index contributed by atoms with van der Waals surface area (Å²) in [6.45, 7) is 5.25. The highest BCUT2D eigenvalue weighted by molar-refractivity contribution is 5.74. The van der Waals surface area contributed by atoms with Crippen molar-refractivity contribution in [2.45, 2.75) is 13.8 Å². The normalized spacial score (nSPS) is 21.1. The first-order chi connectivity index (χ1) is 5.79. The van der Waals surface area contributed by atoms with Crippen molar-refractivity contribution in [2.75, 3.05) is 6.54 Å². The van der Waals surface area contributed by atoms with Crippen molar-refractivity contribution >= 4 is 6.21 Å². The minimum Gasteiger partial charge on any atom is -0.263 e. The van der Waals surface area contributed by atoms with Gasteiger partial charge in [0.15, 0.2) is 0 Å². The quantitative estimate of drug-likeness (QED) is 0.630. The Balaban J connectivity index is 2.29. The lowest BCUT2D eigenvalue weighted by Gasteiger charge is -2.27. The van der Waals surface area contributed by atoms with Crippen LogP contribution in [0.5, 0.6) is 0 Å². The van der Waals surface area contributed by atoms with Gasteiger partial charge in [-0.3, -0.25) is 5.01 Å². The van der Waals surface area contributed by atoms with Crippen LogP contribution in [0.1, 0.15) is 13.8 Å². The van der Waals surface area contributed by atoms with Crippen molar-refractivity contribution in [3.63, 3.8) is 0 Å². The van der Waals surface area contributed by atoms with Crippen molar-refractivity contribution in [1.82, 2.24) is 10.4 Å². The standard InChI is InChI=1S/C9H13N3/c1-7(2)8-3-5-10-9-4-6-11-12(8)9/h3-5,7,11H,6H2,1-2H3. The van der Waals surface area contributed by atoms with Gasteiger partial charge < -0.3 is 0 Å². The molecular formula is C9H13N3. The molecule has 12 heavy (non-hydrogen) atoms. The van der Waals surface area contributed by atoms with Gasteiger partial charge in [-0.05, 0) is 18.1 Å². The summed E-state index contributed by atoms with van der Waals surface area (Å²) in [6, 6.07) is 0. The molecule has 2 heterocycles. The van der Waals surface area contributed by atoms with E-state index in [1.165, 1.54) is 5.70 Å². The summed E-state index contributed by atoms with van der Waals surface area (Å²) < 4.78 is 0. The number of nitrogens with one attached hydrogen (secondary N) is 1. The van der Waals surface area contributed by atoms with E-state index < -0.39 is 0 Å². The summed E-state index contributed by atoms with van der Waals surface area (Å²) in [5.74, 6) is 1.56. The van der Waals surface area contributed by atoms with Crippen molar-refractivity contribution in [3.05, 3.63) is 23.7 Å². The van der Waals surface area contributed by atoms with Gasteiger partial charge >= 0.3 is 0 Å². The number of rotatable bonds is 1. The van der Waals surface area contributed by atoms with E-state index in [9.17, 15) is 0 Å². The van der Waals surface area contributed by atoms with Gasteiger partial charge in [0.25, 0.3) is 0 Å². The molecule has 0 spiro atoms. The molecule has 0 unspecified atom stereocenters. The summed E-state index contributed by atoms with van der Waals surface area (Å²) in [5.41, 5.74) is 4.53. The lowest BCUT2D eigenvalue weighted by atomic mass is 10.1. The van der Waals surface area contributed by atoms with Crippen LogP contribution >= 0.6 is 0 Å². The molecule has 0 aromatic heterocycles. The largest absolute Gasteiger partial charge is 0.263 e. The van der Waals surface area contributed by atoms with Crippen LogP contribution in [0, 0.1) is 5.92 Å². The molecule has 0 radical (unpaired) electrons. The Bertz CT molecular complexity index is 273. The van der Waals surface area contributed by atoms with E-state index in [1.54, 1.807) is 0 Å². The van der Waals surface area contributed by atoms with Crippen molar-refractivity contribution in [1.29, 1.82) is 0 Å². The van der Waals surface area contributed by atoms with Crippen molar-refractivity contribution < 1.29 is 0 Å². The molecule has 3 heteroatoms. The average Bonchev–Trinajstić information content (AvgIpc) is 2.49. The second-order valence-electron chi connectivity index (χ2n) is 3.28. The number of nitrogens with zero attached hydrogens (tertiary/aromatic N) is 2. The molecule has 0 amide bonds. The molecule has 0 aromatic carbocycles. The third kappa shape index (κ3) is 1.06. The first-order valence-electron chi connectivity index (χ1n) is 4.27. The molecule has 2 aliphatic heterocycles. The average molecular weight is 163 g/mol. The van der Waals surface area contributed by atoms with E-state index in [4.69, 9.17) is 0 Å². The Kier molecular flexibility index (Phi) is 1.73. The van der Waals surface area contributed by atoms with Crippen LogP contribution < -0.4 is 5.43 Å². The summed E-state index contributed by atoms with van der Waals surface area (Å²) in [7, 11) is 0. The van der Waals surface area contributed by atoms with Gasteiger partial charge in [0.1, 0.15) is 5.82 Å². The molecule has 0 fully saturated rings. The summed E-state index contributed by atoms with van der Waals surface area (Å²) >= 11 is 0. The fourth-order valence-electron chi connectivity index (χ4n) is 1.45. The predicted molar refractivity (Wildman–Crippen MR) is 49.3 cm³/mol. The van der Waals surface area contributed by atoms with Crippen LogP contribution in [-0.4, -0.2) is 17.8 Å². The molecule has 0 aliphatic carbocycles. The molecule has 2 aliphatic rings. The Hall–Kier alpha value is -1.09. The van der Waals surface area contributed by atoms with Gasteiger partial charge in [0, 0.05) is 18.5 Å². The van der Waals surface area contributed by atoms with Crippen LogP contribution in [-0.2, 0) is 0 Å². The van der Waals surface area contributed by atoms with E-state index in [0.717, 1.165) is 12.4 Å². The monoisotopic (exact) mass is 163 g/mol. The Morgan fingerprint density at radius 1 is 1.58 bits per heavy atom. The predicted octanol–water partition coefficient (Wildman–Crippen LogP) is 1.27. The first-order valence-corrected chi connectivity index (χ1v) is 4.27. The minimum atomic E-state index is 0.533. The summed E-state index contributed by atoms with van der Waals surface area (Å²) in [4.78, 5) is 4.25. The third-order valence-corrected chi connectivity index (χ3v) is 2.06. The maximum Gasteiger partial charge on any atom is 0.144 e. The fourth-order valence-corrected chi connectivity index (χ4v) is 1.45. The number of hydrogen-bond donors (Lipinski definition) is 1. The summed E-state index contributed by atoms with van der Waals surface area (Å²) in [6.07, 6.45) is 6.01. The Morgan fingerprint density at radius 3 is 3.17 bits per heavy atom. The highest BCUT2D eigenvalue weighted by Gasteiger charge is 2.21. The fraction of sp³-hybridized carbons (Fsp3) is 0.444. The minimum absolute atomic E-state index is 0.533. The van der Waals surface area contributed by atoms with Crippen LogP contribution in [0.25, 0.3) is 0 Å². The molecule has 64 valence electrons. The summed E-state index contributed by atoms with van der Waals surface area (Å²) in [5, 5.41) is 2.06. The highest BCUT2D eigenvalue weighted by atomic mass is 15.6. The number of aliphatic imine (C=N–C) groups is 1. The lowest BCUT2D eigenvalue weighted by molar-refractivity contribution is 0.317. The van der Waals surface area contributed by atoms with Crippen molar-refractivity contribution in [3.8, 4) is 0 Å². The number of allylic oxidation sites excluding steroid dienone is 2. The van der Waals surface area contributed by atoms with Gasteiger partial charge in [-0.2, -0.15) is 0 Å². The zero-order valence-corrected chi connectivity index (χ0v) is 7.41. The topological polar surface area (TPSA) is 27.6 Å². The maximum atomic E-state index is 4.25. The number of fused-ring (bicyclic) bond motifs is 1. The molecular weight excluding hydrogens is 150 g/mol. The highest BCUT2D eigenvalue weighted by Crippen LogP contribution is 2.23. The van der Waals surface area contributed by atoms with E-state index >= 15 is 0 Å². The SMILES string of the molecule is CC(C)C1=CC=NC2=CCNN21. The first kappa shape index (κ1) is 7.55. The van der Waals surface area contributed by atoms with Crippen LogP contribution in [0.3, 0.4) is 0 Å². The van der Waals surface area contributed by atoms with Gasteiger partial charge in [0.05, 0.1) is 0 Å². The van der Waals surface area contributed by atoms with Gasteiger partial charge in [0.2, 0.25) is 0 Å². The maximum absolute atomic E-state index is 4.25. The molecule has 3 nitrogen and oxygen atoms in total. The third-order valence-electron chi connectivity index (χ3n) is 2.06. The molecule has 0 aromatic rings. The van der Waals surface area contributed by atoms with E-state index in [-0.39, 0.29) is 0 Å². The van der Waals surface area contributed by atoms with Gasteiger partial charge in [-0.15, -0.1) is 0 Å². The number of hydrogen-bond acceptors (Lipinski definition) is 3. The van der Waals surface area contributed by atoms with E-state index in [0.29, 0.717) is 5.92 Å². The molecule has 0 atom stereocenters. The zero-order chi connectivity index (χ0) is 8.55. The second kappa shape index (κ2) is 2.75.